The number of hydrogen-bond donors (Lipinski definition) is 0. The predicted molar refractivity (Wildman–Crippen MR) is 50.7 cm³/mol. The van der Waals surface area contributed by atoms with Gasteiger partial charge < -0.3 is 0 Å². The molecular formula is C10H3F17. The zero-order chi connectivity index (χ0) is 22.7. The van der Waals surface area contributed by atoms with E-state index in [-0.39, 0.29) is 0 Å². The van der Waals surface area contributed by atoms with Gasteiger partial charge in [-0.25, -0.2) is 8.78 Å². The summed E-state index contributed by atoms with van der Waals surface area (Å²) in [6.45, 7) is -1.19. The summed E-state index contributed by atoms with van der Waals surface area (Å²) < 4.78 is 215. The molecule has 0 radical (unpaired) electrons. The van der Waals surface area contributed by atoms with Crippen molar-refractivity contribution in [2.45, 2.75) is 49.1 Å². The summed E-state index contributed by atoms with van der Waals surface area (Å²) in [4.78, 5) is 0. The Morgan fingerprint density at radius 2 is 0.593 bits per heavy atom. The Hall–Kier alpha value is -1.45. The first-order valence-corrected chi connectivity index (χ1v) is 5.71. The molecular weight excluding hydrogens is 443 g/mol. The SMILES string of the molecule is CC(=C(C(F)(C(F)(F)F)C(F)(F)F)C(F)(C(F)(F)F)C(F)(F)F)C(F)(F)F. The summed E-state index contributed by atoms with van der Waals surface area (Å²) in [5, 5.41) is 0. The fourth-order valence-corrected chi connectivity index (χ4v) is 1.78. The second-order valence-corrected chi connectivity index (χ2v) is 4.81. The average molecular weight is 446 g/mol. The minimum atomic E-state index is -7.99. The van der Waals surface area contributed by atoms with E-state index < -0.39 is 60.3 Å². The van der Waals surface area contributed by atoms with Gasteiger partial charge in [0.1, 0.15) is 0 Å². The van der Waals surface area contributed by atoms with E-state index in [9.17, 15) is 74.6 Å². The molecule has 0 saturated carbocycles. The van der Waals surface area contributed by atoms with E-state index in [0.717, 1.165) is 0 Å². The zero-order valence-electron chi connectivity index (χ0n) is 11.9. The predicted octanol–water partition coefficient (Wildman–Crippen LogP) is 6.53. The van der Waals surface area contributed by atoms with Gasteiger partial charge in [-0.1, -0.05) is 0 Å². The van der Waals surface area contributed by atoms with E-state index >= 15 is 0 Å². The normalized spacial score (nSPS) is 15.8. The first-order chi connectivity index (χ1) is 11.3. The maximum atomic E-state index is 13.8. The number of allylic oxidation sites excluding steroid dienone is 2. The first kappa shape index (κ1) is 25.6. The molecule has 0 rings (SSSR count). The molecule has 0 N–H and O–H groups in total. The second kappa shape index (κ2) is 6.28. The summed E-state index contributed by atoms with van der Waals surface area (Å²) in [5.74, 6) is 0. The molecule has 0 aliphatic rings. The van der Waals surface area contributed by atoms with E-state index in [2.05, 4.69) is 0 Å². The maximum Gasteiger partial charge on any atom is 0.435 e. The average Bonchev–Trinajstić information content (AvgIpc) is 2.31. The van der Waals surface area contributed by atoms with Gasteiger partial charge in [-0.3, -0.25) is 0 Å². The van der Waals surface area contributed by atoms with Crippen molar-refractivity contribution in [3.8, 4) is 0 Å². The van der Waals surface area contributed by atoms with Crippen molar-refractivity contribution in [3.63, 3.8) is 0 Å². The van der Waals surface area contributed by atoms with Gasteiger partial charge in [0.15, 0.2) is 0 Å². The van der Waals surface area contributed by atoms with Crippen LogP contribution in [-0.4, -0.2) is 42.2 Å². The van der Waals surface area contributed by atoms with Gasteiger partial charge in [-0.2, -0.15) is 65.9 Å². The molecule has 0 heterocycles. The number of rotatable bonds is 2. The Kier molecular flexibility index (Phi) is 5.95. The minimum Gasteiger partial charge on any atom is -0.218 e. The van der Waals surface area contributed by atoms with Crippen molar-refractivity contribution < 1.29 is 74.6 Å². The molecule has 0 aromatic heterocycles. The molecule has 0 aromatic rings. The maximum absolute atomic E-state index is 13.8. The number of halogens is 17. The van der Waals surface area contributed by atoms with Crippen molar-refractivity contribution >= 4 is 0 Å². The Morgan fingerprint density at radius 1 is 0.407 bits per heavy atom. The Morgan fingerprint density at radius 3 is 0.704 bits per heavy atom. The lowest BCUT2D eigenvalue weighted by Gasteiger charge is -2.41. The second-order valence-electron chi connectivity index (χ2n) is 4.81. The molecule has 0 nitrogen and oxygen atoms in total. The van der Waals surface area contributed by atoms with Crippen molar-refractivity contribution in [2.75, 3.05) is 0 Å². The Labute approximate surface area is 136 Å². The molecule has 0 saturated heterocycles. The van der Waals surface area contributed by atoms with Crippen molar-refractivity contribution in [1.29, 1.82) is 0 Å². The van der Waals surface area contributed by atoms with Crippen molar-refractivity contribution in [3.05, 3.63) is 11.1 Å². The van der Waals surface area contributed by atoms with Crippen LogP contribution in [-0.2, 0) is 0 Å². The van der Waals surface area contributed by atoms with E-state index in [4.69, 9.17) is 0 Å². The van der Waals surface area contributed by atoms with E-state index in [0.29, 0.717) is 0 Å². The van der Waals surface area contributed by atoms with Gasteiger partial charge in [-0.05, 0) is 6.92 Å². The molecule has 0 bridgehead atoms. The molecule has 0 aromatic carbocycles. The molecule has 0 aliphatic carbocycles. The summed E-state index contributed by atoms with van der Waals surface area (Å²) in [6.07, 6.45) is -38.4. The van der Waals surface area contributed by atoms with Crippen LogP contribution in [0.15, 0.2) is 11.1 Å². The van der Waals surface area contributed by atoms with Gasteiger partial charge >= 0.3 is 42.2 Å². The Balaban J connectivity index is 7.82. The van der Waals surface area contributed by atoms with Gasteiger partial charge in [-0.15, -0.1) is 0 Å². The van der Waals surface area contributed by atoms with Crippen molar-refractivity contribution in [1.82, 2.24) is 0 Å². The largest absolute Gasteiger partial charge is 0.435 e. The standard InChI is InChI=1S/C10H3F17/c1-2(6(13,14)15)3(4(11,7(16,17)18)8(19,20)21)5(12,9(22,23)24)10(25,26)27/h1H3. The van der Waals surface area contributed by atoms with Gasteiger partial charge in [0.25, 0.3) is 0 Å². The highest BCUT2D eigenvalue weighted by atomic mass is 19.4. The Bertz CT molecular complexity index is 505. The molecule has 27 heavy (non-hydrogen) atoms. The van der Waals surface area contributed by atoms with E-state index in [1.807, 2.05) is 0 Å². The molecule has 0 amide bonds. The van der Waals surface area contributed by atoms with Crippen LogP contribution in [0, 0.1) is 0 Å². The highest BCUT2D eigenvalue weighted by Gasteiger charge is 2.86. The smallest absolute Gasteiger partial charge is 0.218 e. The van der Waals surface area contributed by atoms with E-state index in [1.54, 1.807) is 0 Å². The topological polar surface area (TPSA) is 0 Å². The van der Waals surface area contributed by atoms with Crippen LogP contribution >= 0.6 is 0 Å². The van der Waals surface area contributed by atoms with Crippen LogP contribution in [0.3, 0.4) is 0 Å². The summed E-state index contributed by atoms with van der Waals surface area (Å²) in [5.41, 5.74) is -25.3. The highest BCUT2D eigenvalue weighted by Crippen LogP contribution is 2.62. The van der Waals surface area contributed by atoms with Crippen LogP contribution in [0.1, 0.15) is 6.92 Å². The minimum absolute atomic E-state index is 1.19. The van der Waals surface area contributed by atoms with Crippen molar-refractivity contribution in [2.24, 2.45) is 0 Å². The monoisotopic (exact) mass is 446 g/mol. The van der Waals surface area contributed by atoms with Crippen LogP contribution in [0.2, 0.25) is 0 Å². The van der Waals surface area contributed by atoms with E-state index in [1.165, 1.54) is 0 Å². The third-order valence-corrected chi connectivity index (χ3v) is 3.05. The fraction of sp³-hybridized carbons (Fsp3) is 0.800. The third kappa shape index (κ3) is 3.90. The quantitative estimate of drug-likeness (QED) is 0.334. The third-order valence-electron chi connectivity index (χ3n) is 3.05. The number of hydrogen-bond acceptors (Lipinski definition) is 0. The lowest BCUT2D eigenvalue weighted by atomic mass is 9.77. The van der Waals surface area contributed by atoms with Crippen LogP contribution in [0.5, 0.6) is 0 Å². The first-order valence-electron chi connectivity index (χ1n) is 5.71. The zero-order valence-corrected chi connectivity index (χ0v) is 11.9. The summed E-state index contributed by atoms with van der Waals surface area (Å²) in [6, 6.07) is 0. The molecule has 162 valence electrons. The van der Waals surface area contributed by atoms with Crippen LogP contribution in [0.4, 0.5) is 74.6 Å². The molecule has 0 unspecified atom stereocenters. The van der Waals surface area contributed by atoms with Gasteiger partial charge in [0, 0.05) is 11.1 Å². The van der Waals surface area contributed by atoms with Gasteiger partial charge in [0.2, 0.25) is 0 Å². The molecule has 0 atom stereocenters. The highest BCUT2D eigenvalue weighted by molar-refractivity contribution is 5.41. The molecule has 17 heteroatoms. The fourth-order valence-electron chi connectivity index (χ4n) is 1.78. The summed E-state index contributed by atoms with van der Waals surface area (Å²) in [7, 11) is 0. The lowest BCUT2D eigenvalue weighted by Crippen LogP contribution is -2.66. The lowest BCUT2D eigenvalue weighted by molar-refractivity contribution is -0.364. The molecule has 0 spiro atoms. The van der Waals surface area contributed by atoms with Crippen LogP contribution in [0.25, 0.3) is 0 Å². The molecule has 0 fully saturated rings. The molecule has 0 aliphatic heterocycles. The van der Waals surface area contributed by atoms with Crippen LogP contribution < -0.4 is 0 Å². The van der Waals surface area contributed by atoms with Gasteiger partial charge in [0.05, 0.1) is 0 Å². The number of alkyl halides is 17. The summed E-state index contributed by atoms with van der Waals surface area (Å²) >= 11 is 0.